The maximum atomic E-state index is 13.3. The topological polar surface area (TPSA) is 83.7 Å². The zero-order valence-corrected chi connectivity index (χ0v) is 17.2. The van der Waals surface area contributed by atoms with Crippen LogP contribution in [0.4, 0.5) is 0 Å². The van der Waals surface area contributed by atoms with E-state index in [-0.39, 0.29) is 24.8 Å². The average molecular weight is 391 g/mol. The summed E-state index contributed by atoms with van der Waals surface area (Å²) in [4.78, 5) is 14.5. The smallest absolute Gasteiger partial charge is 0.292 e. The molecule has 27 heavy (non-hydrogen) atoms. The molecule has 0 N–H and O–H groups in total. The van der Waals surface area contributed by atoms with Gasteiger partial charge in [-0.05, 0) is 56.9 Å². The van der Waals surface area contributed by atoms with Crippen LogP contribution in [0.25, 0.3) is 0 Å². The van der Waals surface area contributed by atoms with E-state index in [0.29, 0.717) is 23.7 Å². The molecule has 1 fully saturated rings. The second kappa shape index (κ2) is 7.09. The summed E-state index contributed by atoms with van der Waals surface area (Å²) in [5.74, 6) is -0.0729. The Morgan fingerprint density at radius 1 is 0.963 bits per heavy atom. The van der Waals surface area contributed by atoms with Crippen molar-refractivity contribution >= 4 is 15.9 Å². The molecule has 0 atom stereocenters. The molecule has 146 valence electrons. The number of hydrogen-bond donors (Lipinski definition) is 0. The van der Waals surface area contributed by atoms with Gasteiger partial charge in [0, 0.05) is 32.2 Å². The lowest BCUT2D eigenvalue weighted by molar-refractivity contribution is 0.0656. The molecular weight excluding hydrogens is 366 g/mol. The molecule has 2 heterocycles. The predicted molar refractivity (Wildman–Crippen MR) is 101 cm³/mol. The van der Waals surface area contributed by atoms with Crippen LogP contribution in [0.2, 0.25) is 0 Å². The molecule has 0 spiro atoms. The summed E-state index contributed by atoms with van der Waals surface area (Å²) in [5, 5.41) is 3.73. The normalized spacial score (nSPS) is 16.0. The number of rotatable bonds is 3. The van der Waals surface area contributed by atoms with Crippen LogP contribution in [0.1, 0.15) is 38.5 Å². The van der Waals surface area contributed by atoms with E-state index < -0.39 is 10.0 Å². The lowest BCUT2D eigenvalue weighted by Gasteiger charge is -2.34. The Bertz CT molecular complexity index is 960. The molecule has 0 saturated carbocycles. The first-order valence-corrected chi connectivity index (χ1v) is 10.4. The molecule has 3 rings (SSSR count). The zero-order chi connectivity index (χ0) is 19.9. The minimum atomic E-state index is -3.62. The lowest BCUT2D eigenvalue weighted by atomic mass is 10.0. The third kappa shape index (κ3) is 3.51. The Morgan fingerprint density at radius 2 is 1.52 bits per heavy atom. The fourth-order valence-electron chi connectivity index (χ4n) is 3.45. The third-order valence-corrected chi connectivity index (χ3v) is 7.43. The Balaban J connectivity index is 1.81. The summed E-state index contributed by atoms with van der Waals surface area (Å²) < 4.78 is 33.1. The van der Waals surface area contributed by atoms with Gasteiger partial charge in [-0.1, -0.05) is 11.2 Å². The molecule has 0 aliphatic carbocycles. The molecule has 7 nitrogen and oxygen atoms in total. The van der Waals surface area contributed by atoms with E-state index in [1.54, 1.807) is 17.9 Å². The summed E-state index contributed by atoms with van der Waals surface area (Å²) in [7, 11) is -3.62. The zero-order valence-electron chi connectivity index (χ0n) is 16.4. The van der Waals surface area contributed by atoms with E-state index in [9.17, 15) is 13.2 Å². The van der Waals surface area contributed by atoms with Crippen molar-refractivity contribution in [3.05, 3.63) is 45.8 Å². The Kier molecular flexibility index (Phi) is 5.14. The van der Waals surface area contributed by atoms with Crippen molar-refractivity contribution in [2.24, 2.45) is 0 Å². The van der Waals surface area contributed by atoms with Crippen LogP contribution in [-0.4, -0.2) is 54.9 Å². The van der Waals surface area contributed by atoms with E-state index in [0.717, 1.165) is 22.3 Å². The minimum Gasteiger partial charge on any atom is -0.351 e. The highest BCUT2D eigenvalue weighted by Gasteiger charge is 2.33. The number of hydrogen-bond acceptors (Lipinski definition) is 5. The summed E-state index contributed by atoms with van der Waals surface area (Å²) in [6.07, 6.45) is 0. The number of nitrogens with zero attached hydrogens (tertiary/aromatic N) is 3. The van der Waals surface area contributed by atoms with Gasteiger partial charge in [0.1, 0.15) is 0 Å². The van der Waals surface area contributed by atoms with Gasteiger partial charge >= 0.3 is 0 Å². The van der Waals surface area contributed by atoms with E-state index in [1.165, 1.54) is 4.31 Å². The van der Waals surface area contributed by atoms with Gasteiger partial charge in [0.2, 0.25) is 15.8 Å². The highest BCUT2D eigenvalue weighted by molar-refractivity contribution is 7.89. The summed E-state index contributed by atoms with van der Waals surface area (Å²) in [6, 6.07) is 3.60. The number of amides is 1. The van der Waals surface area contributed by atoms with Gasteiger partial charge in [-0.25, -0.2) is 8.42 Å². The Morgan fingerprint density at radius 3 is 2.00 bits per heavy atom. The maximum absolute atomic E-state index is 13.3. The van der Waals surface area contributed by atoms with Crippen LogP contribution in [0.15, 0.2) is 21.6 Å². The van der Waals surface area contributed by atoms with Gasteiger partial charge in [-0.3, -0.25) is 4.79 Å². The lowest BCUT2D eigenvalue weighted by Crippen LogP contribution is -2.50. The van der Waals surface area contributed by atoms with Crippen molar-refractivity contribution in [1.29, 1.82) is 0 Å². The van der Waals surface area contributed by atoms with Crippen molar-refractivity contribution in [3.8, 4) is 0 Å². The van der Waals surface area contributed by atoms with E-state index in [1.807, 2.05) is 33.8 Å². The fraction of sp³-hybridized carbons (Fsp3) is 0.474. The minimum absolute atomic E-state index is 0.185. The number of aryl methyl sites for hydroxylation is 3. The highest BCUT2D eigenvalue weighted by atomic mass is 32.2. The second-order valence-corrected chi connectivity index (χ2v) is 8.99. The molecule has 1 aliphatic heterocycles. The summed E-state index contributed by atoms with van der Waals surface area (Å²) in [6.45, 7) is 10.5. The predicted octanol–water partition coefficient (Wildman–Crippen LogP) is 2.36. The second-order valence-electron chi connectivity index (χ2n) is 7.12. The van der Waals surface area contributed by atoms with Crippen LogP contribution in [0.5, 0.6) is 0 Å². The Hall–Kier alpha value is -2.19. The van der Waals surface area contributed by atoms with Gasteiger partial charge < -0.3 is 9.42 Å². The number of carbonyl (C=O) groups is 1. The van der Waals surface area contributed by atoms with E-state index >= 15 is 0 Å². The van der Waals surface area contributed by atoms with Crippen LogP contribution in [0.3, 0.4) is 0 Å². The first-order valence-electron chi connectivity index (χ1n) is 8.93. The fourth-order valence-corrected chi connectivity index (χ4v) is 5.45. The molecule has 0 bridgehead atoms. The van der Waals surface area contributed by atoms with Gasteiger partial charge in [-0.15, -0.1) is 0 Å². The van der Waals surface area contributed by atoms with Crippen LogP contribution >= 0.6 is 0 Å². The molecule has 0 radical (unpaired) electrons. The number of benzene rings is 1. The highest BCUT2D eigenvalue weighted by Crippen LogP contribution is 2.29. The largest absolute Gasteiger partial charge is 0.351 e. The molecule has 1 aromatic carbocycles. The van der Waals surface area contributed by atoms with Gasteiger partial charge in [0.25, 0.3) is 5.91 Å². The molecule has 1 aromatic heterocycles. The Labute approximate surface area is 160 Å². The first kappa shape index (κ1) is 19.6. The van der Waals surface area contributed by atoms with Crippen molar-refractivity contribution in [3.63, 3.8) is 0 Å². The standard InChI is InChI=1S/C19H25N3O4S/c1-12-10-13(2)16(5)18(15(12)4)27(24,25)22-8-6-21(7-9-22)19(23)17-11-14(3)20-26-17/h10-11H,6-9H2,1-5H3. The van der Waals surface area contributed by atoms with E-state index in [2.05, 4.69) is 5.16 Å². The van der Waals surface area contributed by atoms with Crippen LogP contribution < -0.4 is 0 Å². The molecule has 1 saturated heterocycles. The molecule has 2 aromatic rings. The maximum Gasteiger partial charge on any atom is 0.292 e. The SMILES string of the molecule is Cc1cc(C(=O)N2CCN(S(=O)(=O)c3c(C)c(C)cc(C)c3C)CC2)on1. The quantitative estimate of drug-likeness (QED) is 0.802. The number of piperazine rings is 1. The monoisotopic (exact) mass is 391 g/mol. The van der Waals surface area contributed by atoms with E-state index in [4.69, 9.17) is 4.52 Å². The summed E-state index contributed by atoms with van der Waals surface area (Å²) in [5.41, 5.74) is 4.14. The van der Waals surface area contributed by atoms with Gasteiger partial charge in [0.05, 0.1) is 10.6 Å². The molecule has 8 heteroatoms. The summed E-state index contributed by atoms with van der Waals surface area (Å²) >= 11 is 0. The molecule has 0 unspecified atom stereocenters. The van der Waals surface area contributed by atoms with Gasteiger partial charge in [0.15, 0.2) is 0 Å². The molecule has 1 amide bonds. The number of aromatic nitrogens is 1. The number of sulfonamides is 1. The molecule has 1 aliphatic rings. The van der Waals surface area contributed by atoms with Crippen molar-refractivity contribution < 1.29 is 17.7 Å². The van der Waals surface area contributed by atoms with Crippen LogP contribution in [0, 0.1) is 34.6 Å². The van der Waals surface area contributed by atoms with Gasteiger partial charge in [-0.2, -0.15) is 4.31 Å². The number of carbonyl (C=O) groups excluding carboxylic acids is 1. The first-order chi connectivity index (χ1) is 12.6. The van der Waals surface area contributed by atoms with Crippen LogP contribution in [-0.2, 0) is 10.0 Å². The van der Waals surface area contributed by atoms with Crippen molar-refractivity contribution in [2.45, 2.75) is 39.5 Å². The van der Waals surface area contributed by atoms with Crippen molar-refractivity contribution in [2.75, 3.05) is 26.2 Å². The molecular formula is C19H25N3O4S. The van der Waals surface area contributed by atoms with Crippen molar-refractivity contribution in [1.82, 2.24) is 14.4 Å². The average Bonchev–Trinajstić information content (AvgIpc) is 3.06. The third-order valence-electron chi connectivity index (χ3n) is 5.26.